The largest absolute Gasteiger partial charge is 0.501 e. The summed E-state index contributed by atoms with van der Waals surface area (Å²) < 4.78 is 0. The first kappa shape index (κ1) is 19.4. The van der Waals surface area contributed by atoms with Crippen molar-refractivity contribution in [2.45, 2.75) is 6.42 Å². The van der Waals surface area contributed by atoms with Gasteiger partial charge in [-0.2, -0.15) is 5.10 Å². The summed E-state index contributed by atoms with van der Waals surface area (Å²) in [5.74, 6) is -1.03. The van der Waals surface area contributed by atoms with Crippen LogP contribution in [0.2, 0.25) is 0 Å². The number of benzene rings is 2. The zero-order valence-corrected chi connectivity index (χ0v) is 14.7. The molecule has 11 nitrogen and oxygen atoms in total. The molecule has 0 saturated heterocycles. The van der Waals surface area contributed by atoms with Crippen LogP contribution in [0.1, 0.15) is 11.1 Å². The Kier molecular flexibility index (Phi) is 5.39. The molecule has 1 aromatic heterocycles. The van der Waals surface area contributed by atoms with Crippen LogP contribution in [0.4, 0.5) is 11.4 Å². The van der Waals surface area contributed by atoms with Crippen molar-refractivity contribution >= 4 is 34.4 Å². The van der Waals surface area contributed by atoms with Crippen LogP contribution in [-0.2, 0) is 11.2 Å². The van der Waals surface area contributed by atoms with Crippen molar-refractivity contribution < 1.29 is 19.7 Å². The summed E-state index contributed by atoms with van der Waals surface area (Å²) >= 11 is 0. The maximum Gasteiger partial charge on any atom is 0.313 e. The molecule has 1 amide bonds. The molecule has 146 valence electrons. The Morgan fingerprint density at radius 3 is 2.55 bits per heavy atom. The van der Waals surface area contributed by atoms with Crippen molar-refractivity contribution in [3.05, 3.63) is 80.0 Å². The first-order valence-corrected chi connectivity index (χ1v) is 8.17. The molecular formula is C18H13N5O6. The van der Waals surface area contributed by atoms with E-state index >= 15 is 0 Å². The minimum Gasteiger partial charge on any atom is -0.501 e. The fourth-order valence-electron chi connectivity index (χ4n) is 2.62. The zero-order chi connectivity index (χ0) is 21.0. The van der Waals surface area contributed by atoms with Gasteiger partial charge in [-0.05, 0) is 11.6 Å². The van der Waals surface area contributed by atoms with E-state index in [0.29, 0.717) is 10.9 Å². The lowest BCUT2D eigenvalue weighted by molar-refractivity contribution is -0.385. The van der Waals surface area contributed by atoms with E-state index in [0.717, 1.165) is 6.07 Å². The standard InChI is InChI=1S/C18H13N5O6/c24-16(8-11-3-5-13(6-4-11)22(26)27)21-20-10-12-9-15(23(28)29)18(25)17-14(12)2-1-7-19-17/h1-7,9-10,25H,8H2,(H,21,24)/b20-10-. The average Bonchev–Trinajstić information content (AvgIpc) is 2.70. The molecule has 3 rings (SSSR count). The van der Waals surface area contributed by atoms with Gasteiger partial charge < -0.3 is 5.11 Å². The molecule has 0 aliphatic heterocycles. The molecule has 0 saturated carbocycles. The molecule has 11 heteroatoms. The minimum atomic E-state index is -0.742. The number of aromatic nitrogens is 1. The van der Waals surface area contributed by atoms with Gasteiger partial charge in [0.1, 0.15) is 5.52 Å². The van der Waals surface area contributed by atoms with Crippen LogP contribution in [0.3, 0.4) is 0 Å². The Morgan fingerprint density at radius 2 is 1.90 bits per heavy atom. The number of hydrogen-bond acceptors (Lipinski definition) is 8. The molecule has 0 spiro atoms. The second-order valence-electron chi connectivity index (χ2n) is 5.88. The van der Waals surface area contributed by atoms with Crippen LogP contribution in [0.5, 0.6) is 5.75 Å². The molecule has 2 aromatic carbocycles. The number of nitro benzene ring substituents is 2. The van der Waals surface area contributed by atoms with E-state index in [1.165, 1.54) is 36.7 Å². The van der Waals surface area contributed by atoms with Gasteiger partial charge in [-0.3, -0.25) is 30.0 Å². The number of carbonyl (C=O) groups is 1. The number of aromatic hydroxyl groups is 1. The lowest BCUT2D eigenvalue weighted by Crippen LogP contribution is -2.19. The third-order valence-electron chi connectivity index (χ3n) is 3.98. The Bertz CT molecular complexity index is 1140. The first-order valence-electron chi connectivity index (χ1n) is 8.17. The van der Waals surface area contributed by atoms with E-state index in [9.17, 15) is 30.1 Å². The van der Waals surface area contributed by atoms with Crippen LogP contribution in [0, 0.1) is 20.2 Å². The molecule has 0 radical (unpaired) electrons. The topological polar surface area (TPSA) is 161 Å². The predicted molar refractivity (Wildman–Crippen MR) is 103 cm³/mol. The number of carbonyl (C=O) groups excluding carboxylic acids is 1. The fourth-order valence-corrected chi connectivity index (χ4v) is 2.62. The molecule has 29 heavy (non-hydrogen) atoms. The van der Waals surface area contributed by atoms with E-state index in [1.807, 2.05) is 0 Å². The number of fused-ring (bicyclic) bond motifs is 1. The molecule has 0 bridgehead atoms. The molecule has 0 aliphatic rings. The number of phenols is 1. The van der Waals surface area contributed by atoms with Gasteiger partial charge in [0.05, 0.1) is 22.5 Å². The molecule has 0 unspecified atom stereocenters. The number of nitrogens with zero attached hydrogens (tertiary/aromatic N) is 4. The third-order valence-corrected chi connectivity index (χ3v) is 3.98. The fraction of sp³-hybridized carbons (Fsp3) is 0.0556. The number of phenolic OH excluding ortho intramolecular Hbond substituents is 1. The third kappa shape index (κ3) is 4.30. The van der Waals surface area contributed by atoms with Crippen molar-refractivity contribution in [1.82, 2.24) is 10.4 Å². The number of nitro groups is 2. The van der Waals surface area contributed by atoms with E-state index < -0.39 is 27.2 Å². The minimum absolute atomic E-state index is 0.0420. The van der Waals surface area contributed by atoms with Gasteiger partial charge in [-0.15, -0.1) is 0 Å². The van der Waals surface area contributed by atoms with Gasteiger partial charge in [0.15, 0.2) is 0 Å². The van der Waals surface area contributed by atoms with Gasteiger partial charge in [0.2, 0.25) is 11.7 Å². The summed E-state index contributed by atoms with van der Waals surface area (Å²) in [6.07, 6.45) is 2.54. The molecule has 3 aromatic rings. The van der Waals surface area contributed by atoms with Crippen LogP contribution in [-0.4, -0.2) is 32.1 Å². The normalized spacial score (nSPS) is 10.9. The Balaban J connectivity index is 1.77. The second-order valence-corrected chi connectivity index (χ2v) is 5.88. The van der Waals surface area contributed by atoms with Crippen LogP contribution >= 0.6 is 0 Å². The number of pyridine rings is 1. The summed E-state index contributed by atoms with van der Waals surface area (Å²) in [5, 5.41) is 36.0. The summed E-state index contributed by atoms with van der Waals surface area (Å²) in [6.45, 7) is 0. The lowest BCUT2D eigenvalue weighted by Gasteiger charge is -2.05. The highest BCUT2D eigenvalue weighted by Crippen LogP contribution is 2.34. The molecule has 1 heterocycles. The average molecular weight is 395 g/mol. The number of hydrogen-bond donors (Lipinski definition) is 2. The van der Waals surface area contributed by atoms with Crippen molar-refractivity contribution in [1.29, 1.82) is 0 Å². The summed E-state index contributed by atoms with van der Waals surface area (Å²) in [5.41, 5.74) is 2.56. The van der Waals surface area contributed by atoms with Crippen molar-refractivity contribution in [3.63, 3.8) is 0 Å². The number of rotatable bonds is 6. The highest BCUT2D eigenvalue weighted by molar-refractivity contribution is 6.02. The van der Waals surface area contributed by atoms with Gasteiger partial charge in [-0.25, -0.2) is 5.43 Å². The molecule has 0 atom stereocenters. The van der Waals surface area contributed by atoms with E-state index in [-0.39, 0.29) is 23.2 Å². The Hall–Kier alpha value is -4.41. The van der Waals surface area contributed by atoms with Crippen LogP contribution in [0.15, 0.2) is 53.8 Å². The Labute approximate surface area is 162 Å². The zero-order valence-electron chi connectivity index (χ0n) is 14.7. The quantitative estimate of drug-likeness (QED) is 0.368. The second kappa shape index (κ2) is 8.08. The summed E-state index contributed by atoms with van der Waals surface area (Å²) in [6, 6.07) is 9.84. The summed E-state index contributed by atoms with van der Waals surface area (Å²) in [4.78, 5) is 36.4. The smallest absolute Gasteiger partial charge is 0.313 e. The van der Waals surface area contributed by atoms with Gasteiger partial charge in [0.25, 0.3) is 5.69 Å². The van der Waals surface area contributed by atoms with Crippen molar-refractivity contribution in [2.75, 3.05) is 0 Å². The highest BCUT2D eigenvalue weighted by atomic mass is 16.6. The Morgan fingerprint density at radius 1 is 1.17 bits per heavy atom. The van der Waals surface area contributed by atoms with Gasteiger partial charge in [0, 0.05) is 35.3 Å². The predicted octanol–water partition coefficient (Wildman–Crippen LogP) is 2.45. The van der Waals surface area contributed by atoms with Crippen molar-refractivity contribution in [3.8, 4) is 5.75 Å². The van der Waals surface area contributed by atoms with E-state index in [2.05, 4.69) is 15.5 Å². The molecule has 0 fully saturated rings. The SMILES string of the molecule is O=C(Cc1ccc([N+](=O)[O-])cc1)N/N=C\c1cc([N+](=O)[O-])c(O)c2ncccc12. The van der Waals surface area contributed by atoms with Crippen LogP contribution < -0.4 is 5.43 Å². The molecule has 2 N–H and O–H groups in total. The van der Waals surface area contributed by atoms with E-state index in [4.69, 9.17) is 0 Å². The van der Waals surface area contributed by atoms with Crippen LogP contribution in [0.25, 0.3) is 10.9 Å². The number of hydrazone groups is 1. The number of non-ortho nitro benzene ring substituents is 1. The number of amides is 1. The first-order chi connectivity index (χ1) is 13.9. The highest BCUT2D eigenvalue weighted by Gasteiger charge is 2.19. The molecular weight excluding hydrogens is 382 g/mol. The van der Waals surface area contributed by atoms with Crippen molar-refractivity contribution in [2.24, 2.45) is 5.10 Å². The summed E-state index contributed by atoms with van der Waals surface area (Å²) in [7, 11) is 0. The maximum atomic E-state index is 12.0. The number of nitrogens with one attached hydrogen (secondary N) is 1. The maximum absolute atomic E-state index is 12.0. The van der Waals surface area contributed by atoms with Gasteiger partial charge >= 0.3 is 5.69 Å². The monoisotopic (exact) mass is 395 g/mol. The lowest BCUT2D eigenvalue weighted by atomic mass is 10.1. The van der Waals surface area contributed by atoms with E-state index in [1.54, 1.807) is 12.1 Å². The van der Waals surface area contributed by atoms with Gasteiger partial charge in [-0.1, -0.05) is 18.2 Å². The molecule has 0 aliphatic carbocycles.